The van der Waals surface area contributed by atoms with Crippen LogP contribution in [0.2, 0.25) is 0 Å². The third-order valence-corrected chi connectivity index (χ3v) is 5.43. The molecule has 0 saturated heterocycles. The molecule has 4 aliphatic rings. The van der Waals surface area contributed by atoms with E-state index >= 15 is 0 Å². The van der Waals surface area contributed by atoms with Crippen LogP contribution in [0.25, 0.3) is 0 Å². The van der Waals surface area contributed by atoms with Crippen LogP contribution in [0, 0.1) is 16.7 Å². The van der Waals surface area contributed by atoms with Gasteiger partial charge in [0.2, 0.25) is 0 Å². The maximum absolute atomic E-state index is 11.2. The van der Waals surface area contributed by atoms with Crippen LogP contribution in [0.4, 0.5) is 0 Å². The van der Waals surface area contributed by atoms with Crippen molar-refractivity contribution >= 4 is 11.9 Å². The number of carbonyl (C=O) groups excluding carboxylic acids is 2. The van der Waals surface area contributed by atoms with Crippen LogP contribution >= 0.6 is 0 Å². The lowest BCUT2D eigenvalue weighted by molar-refractivity contribution is -0.225. The van der Waals surface area contributed by atoms with E-state index in [0.717, 1.165) is 25.7 Å². The summed E-state index contributed by atoms with van der Waals surface area (Å²) >= 11 is 0. The van der Waals surface area contributed by atoms with Gasteiger partial charge in [-0.3, -0.25) is 9.59 Å². The first kappa shape index (κ1) is 14.8. The van der Waals surface area contributed by atoms with Crippen LogP contribution < -0.4 is 0 Å². The van der Waals surface area contributed by atoms with Crippen molar-refractivity contribution in [1.82, 2.24) is 0 Å². The minimum absolute atomic E-state index is 0.139. The molecule has 0 amide bonds. The first-order chi connectivity index (χ1) is 9.74. The molecule has 2 unspecified atom stereocenters. The van der Waals surface area contributed by atoms with Gasteiger partial charge in [0.25, 0.3) is 0 Å². The lowest BCUT2D eigenvalue weighted by Gasteiger charge is -2.64. The average Bonchev–Trinajstić information content (AvgIpc) is 2.31. The Hall–Kier alpha value is -1.10. The molecule has 4 aliphatic carbocycles. The summed E-state index contributed by atoms with van der Waals surface area (Å²) in [6.45, 7) is 3.60. The average molecular weight is 296 g/mol. The highest BCUT2D eigenvalue weighted by Gasteiger charge is 2.63. The summed E-state index contributed by atoms with van der Waals surface area (Å²) in [5.74, 6) is -0.101. The van der Waals surface area contributed by atoms with Gasteiger partial charge in [-0.25, -0.2) is 0 Å². The van der Waals surface area contributed by atoms with Crippen molar-refractivity contribution in [2.75, 3.05) is 13.2 Å². The van der Waals surface area contributed by atoms with E-state index in [0.29, 0.717) is 32.0 Å². The molecule has 5 heteroatoms. The zero-order valence-electron chi connectivity index (χ0n) is 12.8. The second-order valence-corrected chi connectivity index (χ2v) is 7.79. The van der Waals surface area contributed by atoms with Gasteiger partial charge in [0.15, 0.2) is 0 Å². The van der Waals surface area contributed by atoms with Gasteiger partial charge in [-0.2, -0.15) is 0 Å². The Morgan fingerprint density at radius 1 is 0.952 bits per heavy atom. The van der Waals surface area contributed by atoms with Crippen LogP contribution in [0.5, 0.6) is 0 Å². The van der Waals surface area contributed by atoms with E-state index in [1.54, 1.807) is 0 Å². The molecule has 0 aromatic heterocycles. The Balaban J connectivity index is 1.81. The summed E-state index contributed by atoms with van der Waals surface area (Å²) in [5.41, 5.74) is -0.959. The Labute approximate surface area is 125 Å². The molecule has 4 rings (SSSR count). The van der Waals surface area contributed by atoms with Crippen molar-refractivity contribution in [3.63, 3.8) is 0 Å². The summed E-state index contributed by atoms with van der Waals surface area (Å²) in [5, 5.41) is 10.9. The van der Waals surface area contributed by atoms with Gasteiger partial charge in [-0.15, -0.1) is 0 Å². The highest BCUT2D eigenvalue weighted by Crippen LogP contribution is 2.66. The largest absolute Gasteiger partial charge is 0.465 e. The van der Waals surface area contributed by atoms with Gasteiger partial charge in [0.05, 0.1) is 18.8 Å². The molecule has 2 atom stereocenters. The number of ether oxygens (including phenoxy) is 2. The van der Waals surface area contributed by atoms with Crippen molar-refractivity contribution in [2.45, 2.75) is 58.0 Å². The number of hydrogen-bond acceptors (Lipinski definition) is 5. The van der Waals surface area contributed by atoms with Crippen molar-refractivity contribution < 1.29 is 24.2 Å². The molecule has 0 aliphatic heterocycles. The lowest BCUT2D eigenvalue weighted by atomic mass is 9.43. The van der Waals surface area contributed by atoms with Crippen molar-refractivity contribution in [3.05, 3.63) is 0 Å². The molecule has 0 aromatic carbocycles. The number of esters is 2. The van der Waals surface area contributed by atoms with Gasteiger partial charge in [0, 0.05) is 24.7 Å². The third-order valence-electron chi connectivity index (χ3n) is 5.43. The van der Waals surface area contributed by atoms with Gasteiger partial charge >= 0.3 is 11.9 Å². The topological polar surface area (TPSA) is 72.8 Å². The van der Waals surface area contributed by atoms with Crippen LogP contribution in [-0.2, 0) is 19.1 Å². The molecule has 0 heterocycles. The third kappa shape index (κ3) is 2.80. The SMILES string of the molecule is CC(=O)OCC12CC3CC(O)(C1)CC(COC(C)=O)(C3)C2. The van der Waals surface area contributed by atoms with E-state index in [9.17, 15) is 14.7 Å². The Morgan fingerprint density at radius 3 is 1.81 bits per heavy atom. The highest BCUT2D eigenvalue weighted by atomic mass is 16.5. The van der Waals surface area contributed by atoms with Crippen LogP contribution in [0.1, 0.15) is 52.4 Å². The van der Waals surface area contributed by atoms with Gasteiger partial charge < -0.3 is 14.6 Å². The predicted octanol–water partition coefficient (Wildman–Crippen LogP) is 1.81. The maximum atomic E-state index is 11.2. The maximum Gasteiger partial charge on any atom is 0.302 e. The van der Waals surface area contributed by atoms with E-state index < -0.39 is 5.60 Å². The standard InChI is InChI=1S/C16H24O5/c1-11(17)20-9-14-3-13-4-15(6-14,10-21-12(2)18)8-16(19,5-13)7-14/h13,19H,3-10H2,1-2H3. The second-order valence-electron chi connectivity index (χ2n) is 7.79. The lowest BCUT2D eigenvalue weighted by Crippen LogP contribution is -2.62. The minimum Gasteiger partial charge on any atom is -0.465 e. The molecule has 1 N–H and O–H groups in total. The summed E-state index contributed by atoms with van der Waals surface area (Å²) < 4.78 is 10.6. The zero-order chi connectivity index (χ0) is 15.3. The number of carbonyl (C=O) groups is 2. The Bertz CT molecular complexity index is 437. The molecule has 5 nitrogen and oxygen atoms in total. The first-order valence-electron chi connectivity index (χ1n) is 7.73. The molecule has 21 heavy (non-hydrogen) atoms. The quantitative estimate of drug-likeness (QED) is 0.801. The van der Waals surface area contributed by atoms with E-state index in [2.05, 4.69) is 0 Å². The van der Waals surface area contributed by atoms with E-state index in [-0.39, 0.29) is 22.8 Å². The summed E-state index contributed by atoms with van der Waals surface area (Å²) in [7, 11) is 0. The molecule has 4 fully saturated rings. The molecule has 0 spiro atoms. The number of rotatable bonds is 4. The van der Waals surface area contributed by atoms with Crippen molar-refractivity contribution in [3.8, 4) is 0 Å². The first-order valence-corrected chi connectivity index (χ1v) is 7.73. The van der Waals surface area contributed by atoms with Gasteiger partial charge in [0.1, 0.15) is 0 Å². The minimum atomic E-state index is -0.681. The van der Waals surface area contributed by atoms with Gasteiger partial charge in [-0.1, -0.05) is 0 Å². The zero-order valence-corrected chi connectivity index (χ0v) is 12.8. The summed E-state index contributed by atoms with van der Waals surface area (Å²) in [6, 6.07) is 0. The fourth-order valence-corrected chi connectivity index (χ4v) is 5.62. The molecule has 118 valence electrons. The normalized spacial score (nSPS) is 43.7. The molecule has 0 aromatic rings. The van der Waals surface area contributed by atoms with E-state index in [1.807, 2.05) is 0 Å². The van der Waals surface area contributed by atoms with E-state index in [1.165, 1.54) is 13.8 Å². The molecule has 4 saturated carbocycles. The molecular weight excluding hydrogens is 272 g/mol. The molecule has 4 bridgehead atoms. The second kappa shape index (κ2) is 4.70. The summed E-state index contributed by atoms with van der Waals surface area (Å²) in [4.78, 5) is 22.3. The van der Waals surface area contributed by atoms with Crippen LogP contribution in [0.15, 0.2) is 0 Å². The molecular formula is C16H24O5. The highest BCUT2D eigenvalue weighted by molar-refractivity contribution is 5.66. The molecule has 0 radical (unpaired) electrons. The monoisotopic (exact) mass is 296 g/mol. The summed E-state index contributed by atoms with van der Waals surface area (Å²) in [6.07, 6.45) is 5.11. The van der Waals surface area contributed by atoms with Crippen molar-refractivity contribution in [2.24, 2.45) is 16.7 Å². The fourth-order valence-electron chi connectivity index (χ4n) is 5.62. The Morgan fingerprint density at radius 2 is 1.43 bits per heavy atom. The Kier molecular flexibility index (Phi) is 3.32. The van der Waals surface area contributed by atoms with Gasteiger partial charge in [-0.05, 0) is 44.4 Å². The number of aliphatic hydroxyl groups is 1. The number of hydrogen-bond donors (Lipinski definition) is 1. The van der Waals surface area contributed by atoms with Crippen molar-refractivity contribution in [1.29, 1.82) is 0 Å². The fraction of sp³-hybridized carbons (Fsp3) is 0.875. The smallest absolute Gasteiger partial charge is 0.302 e. The van der Waals surface area contributed by atoms with Crippen LogP contribution in [-0.4, -0.2) is 35.9 Å². The van der Waals surface area contributed by atoms with E-state index in [4.69, 9.17) is 9.47 Å². The predicted molar refractivity (Wildman–Crippen MR) is 74.3 cm³/mol. The van der Waals surface area contributed by atoms with Crippen LogP contribution in [0.3, 0.4) is 0 Å².